The number of para-hydroxylation sites is 1. The van der Waals surface area contributed by atoms with E-state index in [1.807, 2.05) is 54.3 Å². The van der Waals surface area contributed by atoms with Crippen molar-refractivity contribution >= 4 is 47.4 Å². The van der Waals surface area contributed by atoms with Gasteiger partial charge >= 0.3 is 0 Å². The number of aliphatic imine (C=N–C) groups is 1. The molecule has 32 heavy (non-hydrogen) atoms. The Morgan fingerprint density at radius 1 is 1.06 bits per heavy atom. The first-order valence-electron chi connectivity index (χ1n) is 10.7. The Morgan fingerprint density at radius 2 is 1.78 bits per heavy atom. The number of hydrogen-bond donors (Lipinski definition) is 2. The average molecular weight is 549 g/mol. The maximum absolute atomic E-state index is 12.8. The van der Waals surface area contributed by atoms with Gasteiger partial charge in [-0.1, -0.05) is 30.3 Å². The summed E-state index contributed by atoms with van der Waals surface area (Å²) in [5.74, 6) is 0.599. The Labute approximate surface area is 207 Å². The minimum atomic E-state index is -0.0251. The van der Waals surface area contributed by atoms with E-state index in [0.717, 1.165) is 30.6 Å². The molecule has 0 bridgehead atoms. The van der Waals surface area contributed by atoms with Gasteiger partial charge in [0.15, 0.2) is 5.96 Å². The van der Waals surface area contributed by atoms with E-state index in [0.29, 0.717) is 24.6 Å². The van der Waals surface area contributed by atoms with Crippen LogP contribution in [0.5, 0.6) is 0 Å². The average Bonchev–Trinajstić information content (AvgIpc) is 2.80. The second-order valence-corrected chi connectivity index (χ2v) is 7.72. The molecule has 2 N–H and O–H groups in total. The quantitative estimate of drug-likeness (QED) is 0.330. The van der Waals surface area contributed by atoms with Crippen molar-refractivity contribution in [1.29, 1.82) is 0 Å². The van der Waals surface area contributed by atoms with Crippen molar-refractivity contribution in [1.82, 2.24) is 15.5 Å². The summed E-state index contributed by atoms with van der Waals surface area (Å²) in [6.07, 6.45) is 1.99. The maximum atomic E-state index is 12.8. The molecule has 1 aliphatic rings. The number of rotatable bonds is 6. The van der Waals surface area contributed by atoms with Gasteiger partial charge in [0.05, 0.1) is 13.1 Å². The molecule has 8 heteroatoms. The van der Waals surface area contributed by atoms with Crippen LogP contribution in [0.3, 0.4) is 0 Å². The zero-order valence-corrected chi connectivity index (χ0v) is 21.3. The van der Waals surface area contributed by atoms with Crippen LogP contribution in [0.15, 0.2) is 53.5 Å². The molecule has 1 aliphatic heterocycles. The second-order valence-electron chi connectivity index (χ2n) is 7.72. The van der Waals surface area contributed by atoms with Crippen LogP contribution in [0.4, 0.5) is 5.69 Å². The van der Waals surface area contributed by atoms with Gasteiger partial charge < -0.3 is 20.4 Å². The van der Waals surface area contributed by atoms with Crippen LogP contribution >= 0.6 is 24.0 Å². The summed E-state index contributed by atoms with van der Waals surface area (Å²) in [5.41, 5.74) is 3.87. The van der Waals surface area contributed by atoms with E-state index >= 15 is 0 Å². The van der Waals surface area contributed by atoms with E-state index < -0.39 is 0 Å². The maximum Gasteiger partial charge on any atom is 0.253 e. The van der Waals surface area contributed by atoms with Gasteiger partial charge in [-0.2, -0.15) is 0 Å². The molecule has 2 aromatic carbocycles. The number of halogens is 1. The number of carbonyl (C=O) groups excluding carboxylic acids is 2. The number of aryl methyl sites for hydroxylation is 1. The van der Waals surface area contributed by atoms with Crippen LogP contribution in [0.25, 0.3) is 0 Å². The monoisotopic (exact) mass is 549 g/mol. The predicted molar refractivity (Wildman–Crippen MR) is 140 cm³/mol. The van der Waals surface area contributed by atoms with Gasteiger partial charge in [-0.05, 0) is 49.1 Å². The van der Waals surface area contributed by atoms with Crippen molar-refractivity contribution in [3.63, 3.8) is 0 Å². The Kier molecular flexibility index (Phi) is 9.96. The zero-order chi connectivity index (χ0) is 22.2. The largest absolute Gasteiger partial charge is 0.357 e. The van der Waals surface area contributed by atoms with Crippen LogP contribution in [-0.4, -0.2) is 56.4 Å². The van der Waals surface area contributed by atoms with Crippen molar-refractivity contribution in [2.24, 2.45) is 4.99 Å². The van der Waals surface area contributed by atoms with E-state index in [-0.39, 0.29) is 42.3 Å². The fourth-order valence-corrected chi connectivity index (χ4v) is 3.57. The predicted octanol–water partition coefficient (Wildman–Crippen LogP) is 3.04. The topological polar surface area (TPSA) is 77.0 Å². The molecule has 0 unspecified atom stereocenters. The summed E-state index contributed by atoms with van der Waals surface area (Å²) in [7, 11) is 3.47. The fourth-order valence-electron chi connectivity index (χ4n) is 3.57. The molecule has 0 fully saturated rings. The van der Waals surface area contributed by atoms with Gasteiger partial charge in [-0.15, -0.1) is 24.0 Å². The highest BCUT2D eigenvalue weighted by atomic mass is 127. The van der Waals surface area contributed by atoms with Crippen molar-refractivity contribution in [3.05, 3.63) is 65.2 Å². The third kappa shape index (κ3) is 6.69. The molecule has 2 amide bonds. The lowest BCUT2D eigenvalue weighted by atomic mass is 10.0. The smallest absolute Gasteiger partial charge is 0.253 e. The summed E-state index contributed by atoms with van der Waals surface area (Å²) in [6, 6.07) is 15.5. The number of carbonyl (C=O) groups is 2. The lowest BCUT2D eigenvalue weighted by Crippen LogP contribution is -2.46. The summed E-state index contributed by atoms with van der Waals surface area (Å²) < 4.78 is 0. The number of nitrogens with zero attached hydrogens (tertiary/aromatic N) is 3. The molecule has 0 aromatic heterocycles. The van der Waals surface area contributed by atoms with Gasteiger partial charge in [0, 0.05) is 38.4 Å². The Hall–Kier alpha value is -2.62. The Bertz CT molecular complexity index is 944. The van der Waals surface area contributed by atoms with E-state index in [9.17, 15) is 9.59 Å². The first kappa shape index (κ1) is 25.6. The first-order chi connectivity index (χ1) is 15.0. The van der Waals surface area contributed by atoms with Gasteiger partial charge in [0.2, 0.25) is 5.91 Å². The SMILES string of the molecule is CCNC(=NCc1ccc(C(=O)N(C)C)cc1)NCC(=O)N1CCCc2ccccc21.I. The molecule has 0 spiro atoms. The van der Waals surface area contributed by atoms with Crippen LogP contribution in [0.2, 0.25) is 0 Å². The van der Waals surface area contributed by atoms with Crippen LogP contribution in [-0.2, 0) is 17.8 Å². The number of amides is 2. The number of nitrogens with one attached hydrogen (secondary N) is 2. The molecule has 3 rings (SSSR count). The van der Waals surface area contributed by atoms with Crippen molar-refractivity contribution < 1.29 is 9.59 Å². The fraction of sp³-hybridized carbons (Fsp3) is 0.375. The van der Waals surface area contributed by atoms with E-state index in [4.69, 9.17) is 0 Å². The van der Waals surface area contributed by atoms with Crippen molar-refractivity contribution in [2.75, 3.05) is 38.6 Å². The molecule has 172 valence electrons. The molecule has 0 aliphatic carbocycles. The third-order valence-corrected chi connectivity index (χ3v) is 5.19. The zero-order valence-electron chi connectivity index (χ0n) is 18.9. The molecular formula is C24H32IN5O2. The Balaban J connectivity index is 0.00000363. The minimum absolute atomic E-state index is 0. The van der Waals surface area contributed by atoms with Crippen molar-refractivity contribution in [3.8, 4) is 0 Å². The molecule has 1 heterocycles. The highest BCUT2D eigenvalue weighted by molar-refractivity contribution is 14.0. The van der Waals surface area contributed by atoms with E-state index in [1.54, 1.807) is 19.0 Å². The Morgan fingerprint density at radius 3 is 2.47 bits per heavy atom. The van der Waals surface area contributed by atoms with Crippen LogP contribution < -0.4 is 15.5 Å². The van der Waals surface area contributed by atoms with Crippen LogP contribution in [0.1, 0.15) is 34.8 Å². The molecule has 2 aromatic rings. The first-order valence-corrected chi connectivity index (χ1v) is 10.7. The van der Waals surface area contributed by atoms with Gasteiger partial charge in [-0.25, -0.2) is 4.99 Å². The van der Waals surface area contributed by atoms with Gasteiger partial charge in [-0.3, -0.25) is 9.59 Å². The second kappa shape index (κ2) is 12.4. The highest BCUT2D eigenvalue weighted by Gasteiger charge is 2.22. The van der Waals surface area contributed by atoms with E-state index in [1.165, 1.54) is 5.56 Å². The molecule has 0 atom stereocenters. The van der Waals surface area contributed by atoms with Gasteiger partial charge in [0.25, 0.3) is 5.91 Å². The summed E-state index contributed by atoms with van der Waals surface area (Å²) in [4.78, 5) is 32.8. The number of anilines is 1. The number of hydrogen-bond acceptors (Lipinski definition) is 3. The molecule has 0 radical (unpaired) electrons. The summed E-state index contributed by atoms with van der Waals surface area (Å²) in [6.45, 7) is 4.05. The molecule has 7 nitrogen and oxygen atoms in total. The number of guanidine groups is 1. The standard InChI is InChI=1S/C24H31N5O2.HI/c1-4-25-24(26-16-18-11-13-20(14-12-18)23(31)28(2)3)27-17-22(30)29-15-7-9-19-8-5-6-10-21(19)29;/h5-6,8,10-14H,4,7,9,15-17H2,1-3H3,(H2,25,26,27);1H. The lowest BCUT2D eigenvalue weighted by Gasteiger charge is -2.29. The summed E-state index contributed by atoms with van der Waals surface area (Å²) in [5, 5.41) is 6.33. The number of fused-ring (bicyclic) bond motifs is 1. The molecule has 0 saturated carbocycles. The molecule has 0 saturated heterocycles. The molecular weight excluding hydrogens is 517 g/mol. The summed E-state index contributed by atoms with van der Waals surface area (Å²) >= 11 is 0. The minimum Gasteiger partial charge on any atom is -0.357 e. The van der Waals surface area contributed by atoms with Crippen LogP contribution in [0, 0.1) is 0 Å². The van der Waals surface area contributed by atoms with Gasteiger partial charge in [0.1, 0.15) is 0 Å². The number of benzene rings is 2. The van der Waals surface area contributed by atoms with Crippen molar-refractivity contribution in [2.45, 2.75) is 26.3 Å². The lowest BCUT2D eigenvalue weighted by molar-refractivity contribution is -0.117. The van der Waals surface area contributed by atoms with E-state index in [2.05, 4.69) is 21.7 Å². The normalized spacial score (nSPS) is 13.0. The third-order valence-electron chi connectivity index (χ3n) is 5.19. The highest BCUT2D eigenvalue weighted by Crippen LogP contribution is 2.26.